The number of nitrogens with one attached hydrogen (secondary N) is 2. The number of hydrogen-bond donors (Lipinski definition) is 2. The Balaban J connectivity index is 2.30. The molecule has 21 heavy (non-hydrogen) atoms. The van der Waals surface area contributed by atoms with E-state index in [1.54, 1.807) is 13.0 Å². The van der Waals surface area contributed by atoms with Crippen molar-refractivity contribution in [3.05, 3.63) is 22.4 Å². The molecule has 0 aromatic carbocycles. The third kappa shape index (κ3) is 5.85. The second-order valence-corrected chi connectivity index (χ2v) is 6.15. The molecule has 2 amide bonds. The van der Waals surface area contributed by atoms with Crippen LogP contribution in [-0.2, 0) is 4.79 Å². The average Bonchev–Trinajstić information content (AvgIpc) is 3.00. The number of rotatable bonds is 8. The first-order chi connectivity index (χ1) is 9.95. The molecule has 2 atom stereocenters. The number of amides is 2. The van der Waals surface area contributed by atoms with Crippen molar-refractivity contribution in [3.8, 4) is 0 Å². The molecular weight excluding hydrogens is 286 g/mol. The molecule has 5 nitrogen and oxygen atoms in total. The van der Waals surface area contributed by atoms with Crippen molar-refractivity contribution >= 4 is 23.2 Å². The lowest BCUT2D eigenvalue weighted by Crippen LogP contribution is -2.46. The Bertz CT molecular complexity index is 448. The maximum Gasteiger partial charge on any atom is 0.261 e. The van der Waals surface area contributed by atoms with Crippen molar-refractivity contribution < 1.29 is 9.59 Å². The largest absolute Gasteiger partial charge is 0.353 e. The standard InChI is InChI=1S/C15H25N3O2S/c1-5-11(2)18(4)9-8-16-14(19)12(3)17-15(20)13-7-6-10-21-13/h6-7,10-12H,5,8-9H2,1-4H3,(H,16,19)(H,17,20)/t11-,12+/m0/s1. The van der Waals surface area contributed by atoms with Crippen LogP contribution in [0.5, 0.6) is 0 Å². The van der Waals surface area contributed by atoms with Crippen LogP contribution in [0.2, 0.25) is 0 Å². The Hall–Kier alpha value is -1.40. The van der Waals surface area contributed by atoms with E-state index in [4.69, 9.17) is 0 Å². The SMILES string of the molecule is CC[C@H](C)N(C)CCNC(=O)[C@@H](C)NC(=O)c1cccs1. The number of likely N-dealkylation sites (N-methyl/N-ethyl adjacent to an activating group) is 1. The van der Waals surface area contributed by atoms with E-state index in [2.05, 4.69) is 29.4 Å². The van der Waals surface area contributed by atoms with Gasteiger partial charge in [0.1, 0.15) is 6.04 Å². The van der Waals surface area contributed by atoms with E-state index in [1.165, 1.54) is 11.3 Å². The smallest absolute Gasteiger partial charge is 0.261 e. The van der Waals surface area contributed by atoms with Gasteiger partial charge in [0, 0.05) is 19.1 Å². The summed E-state index contributed by atoms with van der Waals surface area (Å²) >= 11 is 1.36. The lowest BCUT2D eigenvalue weighted by Gasteiger charge is -2.23. The highest BCUT2D eigenvalue weighted by Gasteiger charge is 2.17. The Kier molecular flexibility index (Phi) is 7.39. The number of carbonyl (C=O) groups is 2. The molecule has 0 spiro atoms. The van der Waals surface area contributed by atoms with E-state index >= 15 is 0 Å². The summed E-state index contributed by atoms with van der Waals surface area (Å²) in [4.78, 5) is 26.6. The summed E-state index contributed by atoms with van der Waals surface area (Å²) in [5, 5.41) is 7.39. The van der Waals surface area contributed by atoms with E-state index in [9.17, 15) is 9.59 Å². The predicted octanol–water partition coefficient (Wildman–Crippen LogP) is 1.71. The maximum absolute atomic E-state index is 11.9. The minimum absolute atomic E-state index is 0.155. The highest BCUT2D eigenvalue weighted by molar-refractivity contribution is 7.12. The zero-order chi connectivity index (χ0) is 15.8. The molecular formula is C15H25N3O2S. The van der Waals surface area contributed by atoms with Crippen LogP contribution in [0.3, 0.4) is 0 Å². The molecule has 1 aromatic rings. The topological polar surface area (TPSA) is 61.4 Å². The van der Waals surface area contributed by atoms with Crippen LogP contribution in [0.4, 0.5) is 0 Å². The number of hydrogen-bond acceptors (Lipinski definition) is 4. The van der Waals surface area contributed by atoms with Gasteiger partial charge in [0.25, 0.3) is 5.91 Å². The fourth-order valence-electron chi connectivity index (χ4n) is 1.78. The minimum Gasteiger partial charge on any atom is -0.353 e. The molecule has 1 heterocycles. The van der Waals surface area contributed by atoms with E-state index in [-0.39, 0.29) is 11.8 Å². The van der Waals surface area contributed by atoms with Crippen LogP contribution in [0.25, 0.3) is 0 Å². The maximum atomic E-state index is 11.9. The Morgan fingerprint density at radius 3 is 2.67 bits per heavy atom. The molecule has 0 fully saturated rings. The molecule has 0 saturated heterocycles. The van der Waals surface area contributed by atoms with E-state index in [0.29, 0.717) is 17.5 Å². The van der Waals surface area contributed by atoms with Gasteiger partial charge in [-0.1, -0.05) is 13.0 Å². The third-order valence-electron chi connectivity index (χ3n) is 3.59. The van der Waals surface area contributed by atoms with Gasteiger partial charge in [-0.05, 0) is 38.8 Å². The van der Waals surface area contributed by atoms with Gasteiger partial charge in [0.05, 0.1) is 4.88 Å². The molecule has 1 rings (SSSR count). The number of carbonyl (C=O) groups excluding carboxylic acids is 2. The van der Waals surface area contributed by atoms with Gasteiger partial charge < -0.3 is 15.5 Å². The predicted molar refractivity (Wildman–Crippen MR) is 86.6 cm³/mol. The monoisotopic (exact) mass is 311 g/mol. The zero-order valence-corrected chi connectivity index (χ0v) is 14.0. The molecule has 0 radical (unpaired) electrons. The fourth-order valence-corrected chi connectivity index (χ4v) is 2.41. The molecule has 1 aromatic heterocycles. The summed E-state index contributed by atoms with van der Waals surface area (Å²) in [7, 11) is 2.04. The van der Waals surface area contributed by atoms with Crippen LogP contribution in [0.1, 0.15) is 36.9 Å². The average molecular weight is 311 g/mol. The Morgan fingerprint density at radius 2 is 2.10 bits per heavy atom. The molecule has 0 bridgehead atoms. The normalized spacial score (nSPS) is 13.8. The van der Waals surface area contributed by atoms with Crippen LogP contribution >= 0.6 is 11.3 Å². The lowest BCUT2D eigenvalue weighted by molar-refractivity contribution is -0.122. The summed E-state index contributed by atoms with van der Waals surface area (Å²) in [6.07, 6.45) is 1.08. The van der Waals surface area contributed by atoms with Gasteiger partial charge >= 0.3 is 0 Å². The van der Waals surface area contributed by atoms with E-state index in [1.807, 2.05) is 18.5 Å². The summed E-state index contributed by atoms with van der Waals surface area (Å²) in [5.74, 6) is -0.359. The van der Waals surface area contributed by atoms with Gasteiger partial charge in [-0.2, -0.15) is 0 Å². The van der Waals surface area contributed by atoms with E-state index in [0.717, 1.165) is 13.0 Å². The van der Waals surface area contributed by atoms with Gasteiger partial charge in [-0.15, -0.1) is 11.3 Å². The third-order valence-corrected chi connectivity index (χ3v) is 4.46. The molecule has 0 saturated carbocycles. The summed E-state index contributed by atoms with van der Waals surface area (Å²) in [6, 6.07) is 3.52. The highest BCUT2D eigenvalue weighted by atomic mass is 32.1. The fraction of sp³-hybridized carbons (Fsp3) is 0.600. The first-order valence-corrected chi connectivity index (χ1v) is 8.16. The Morgan fingerprint density at radius 1 is 1.38 bits per heavy atom. The van der Waals surface area contributed by atoms with Crippen molar-refractivity contribution in [1.82, 2.24) is 15.5 Å². The van der Waals surface area contributed by atoms with Crippen LogP contribution in [0, 0.1) is 0 Å². The molecule has 118 valence electrons. The van der Waals surface area contributed by atoms with Crippen LogP contribution < -0.4 is 10.6 Å². The van der Waals surface area contributed by atoms with Gasteiger partial charge in [0.2, 0.25) is 5.91 Å². The first-order valence-electron chi connectivity index (χ1n) is 7.28. The minimum atomic E-state index is -0.534. The zero-order valence-electron chi connectivity index (χ0n) is 13.2. The van der Waals surface area contributed by atoms with Crippen molar-refractivity contribution in [3.63, 3.8) is 0 Å². The number of thiophene rings is 1. The van der Waals surface area contributed by atoms with E-state index < -0.39 is 6.04 Å². The van der Waals surface area contributed by atoms with Crippen molar-refractivity contribution in [2.24, 2.45) is 0 Å². The Labute approximate surface area is 130 Å². The van der Waals surface area contributed by atoms with Gasteiger partial charge in [-0.25, -0.2) is 0 Å². The number of nitrogens with zero attached hydrogens (tertiary/aromatic N) is 1. The molecule has 0 unspecified atom stereocenters. The quantitative estimate of drug-likeness (QED) is 0.768. The van der Waals surface area contributed by atoms with Gasteiger partial charge in [-0.3, -0.25) is 9.59 Å². The first kappa shape index (κ1) is 17.7. The second kappa shape index (κ2) is 8.79. The molecule has 2 N–H and O–H groups in total. The van der Waals surface area contributed by atoms with Crippen molar-refractivity contribution in [2.75, 3.05) is 20.1 Å². The van der Waals surface area contributed by atoms with Gasteiger partial charge in [0.15, 0.2) is 0 Å². The molecule has 0 aliphatic carbocycles. The van der Waals surface area contributed by atoms with Crippen LogP contribution in [0.15, 0.2) is 17.5 Å². The second-order valence-electron chi connectivity index (χ2n) is 5.20. The van der Waals surface area contributed by atoms with Crippen LogP contribution in [-0.4, -0.2) is 48.9 Å². The highest BCUT2D eigenvalue weighted by Crippen LogP contribution is 2.08. The molecule has 0 aliphatic rings. The summed E-state index contributed by atoms with van der Waals surface area (Å²) in [6.45, 7) is 7.37. The molecule has 6 heteroatoms. The summed E-state index contributed by atoms with van der Waals surface area (Å²) < 4.78 is 0. The summed E-state index contributed by atoms with van der Waals surface area (Å²) in [5.41, 5.74) is 0. The molecule has 0 aliphatic heterocycles. The van der Waals surface area contributed by atoms with Crippen molar-refractivity contribution in [1.29, 1.82) is 0 Å². The lowest BCUT2D eigenvalue weighted by atomic mass is 10.2. The van der Waals surface area contributed by atoms with Crippen molar-refractivity contribution in [2.45, 2.75) is 39.3 Å².